The van der Waals surface area contributed by atoms with Gasteiger partial charge in [-0.3, -0.25) is 9.59 Å². The van der Waals surface area contributed by atoms with Gasteiger partial charge < -0.3 is 19.5 Å². The van der Waals surface area contributed by atoms with E-state index in [1.807, 2.05) is 13.0 Å². The van der Waals surface area contributed by atoms with Crippen LogP contribution in [0.2, 0.25) is 0 Å². The minimum absolute atomic E-state index is 0.156. The topological polar surface area (TPSA) is 76.1 Å². The molecule has 0 radical (unpaired) electrons. The molecular weight excluding hydrogens is 310 g/mol. The number of carboxylic acid groups (broad SMARTS) is 1. The molecule has 0 bridgehead atoms. The number of likely N-dealkylation sites (tertiary alicyclic amines) is 1. The molecule has 1 aromatic rings. The predicted octanol–water partition coefficient (Wildman–Crippen LogP) is 2.04. The number of rotatable bonds is 5. The minimum atomic E-state index is -0.882. The molecule has 0 aliphatic carbocycles. The molecule has 1 N–H and O–H groups in total. The van der Waals surface area contributed by atoms with Gasteiger partial charge in [-0.15, -0.1) is 0 Å². The molecule has 2 aliphatic rings. The zero-order chi connectivity index (χ0) is 17.2. The van der Waals surface area contributed by atoms with Crippen LogP contribution in [0.3, 0.4) is 0 Å². The second-order valence-corrected chi connectivity index (χ2v) is 6.51. The number of hydrogen-bond donors (Lipinski definition) is 1. The van der Waals surface area contributed by atoms with Crippen molar-refractivity contribution in [1.82, 2.24) is 4.90 Å². The van der Waals surface area contributed by atoms with Crippen molar-refractivity contribution in [1.29, 1.82) is 0 Å². The summed E-state index contributed by atoms with van der Waals surface area (Å²) in [4.78, 5) is 26.4. The number of hydrogen-bond acceptors (Lipinski definition) is 4. The van der Waals surface area contributed by atoms with Crippen LogP contribution in [0.5, 0.6) is 5.75 Å². The lowest BCUT2D eigenvalue weighted by Gasteiger charge is -2.33. The highest BCUT2D eigenvalue weighted by Gasteiger charge is 2.55. The lowest BCUT2D eigenvalue weighted by molar-refractivity contribution is -0.157. The first-order valence-corrected chi connectivity index (χ1v) is 8.40. The van der Waals surface area contributed by atoms with E-state index in [4.69, 9.17) is 9.47 Å². The third-order valence-corrected chi connectivity index (χ3v) is 5.00. The molecular formula is C18H23NO5. The van der Waals surface area contributed by atoms with Gasteiger partial charge in [-0.05, 0) is 25.0 Å². The second kappa shape index (κ2) is 6.81. The summed E-state index contributed by atoms with van der Waals surface area (Å²) in [7, 11) is 0. The van der Waals surface area contributed by atoms with Gasteiger partial charge in [0, 0.05) is 25.6 Å². The number of ether oxygens (including phenoxy) is 2. The number of nitrogens with zero attached hydrogens (tertiary/aromatic N) is 1. The number of carbonyl (C=O) groups excluding carboxylic acids is 1. The van der Waals surface area contributed by atoms with Gasteiger partial charge in [-0.2, -0.15) is 0 Å². The molecule has 6 heteroatoms. The quantitative estimate of drug-likeness (QED) is 0.892. The van der Waals surface area contributed by atoms with Gasteiger partial charge in [-0.25, -0.2) is 0 Å². The first kappa shape index (κ1) is 16.8. The SMILES string of the molecule is CCCOc1ccccc1C(=O)N1C[C@@H]2COCC[C@]2(C(=O)O)C1. The van der Waals surface area contributed by atoms with Crippen LogP contribution in [0.15, 0.2) is 24.3 Å². The van der Waals surface area contributed by atoms with Crippen molar-refractivity contribution >= 4 is 11.9 Å². The first-order chi connectivity index (χ1) is 11.6. The molecule has 2 saturated heterocycles. The summed E-state index contributed by atoms with van der Waals surface area (Å²) < 4.78 is 11.1. The molecule has 2 heterocycles. The number of carbonyl (C=O) groups is 2. The van der Waals surface area contributed by atoms with Crippen molar-refractivity contribution in [2.45, 2.75) is 19.8 Å². The molecule has 2 fully saturated rings. The second-order valence-electron chi connectivity index (χ2n) is 6.51. The predicted molar refractivity (Wildman–Crippen MR) is 87.1 cm³/mol. The molecule has 2 aliphatic heterocycles. The largest absolute Gasteiger partial charge is 0.493 e. The lowest BCUT2D eigenvalue weighted by atomic mass is 9.74. The van der Waals surface area contributed by atoms with E-state index < -0.39 is 11.4 Å². The van der Waals surface area contributed by atoms with E-state index in [0.717, 1.165) is 6.42 Å². The van der Waals surface area contributed by atoms with Gasteiger partial charge in [0.15, 0.2) is 0 Å². The van der Waals surface area contributed by atoms with Crippen LogP contribution < -0.4 is 4.74 Å². The van der Waals surface area contributed by atoms with E-state index in [9.17, 15) is 14.7 Å². The van der Waals surface area contributed by atoms with Crippen LogP contribution >= 0.6 is 0 Å². The summed E-state index contributed by atoms with van der Waals surface area (Å²) in [5.41, 5.74) is -0.390. The van der Waals surface area contributed by atoms with Crippen LogP contribution in [0.25, 0.3) is 0 Å². The Kier molecular flexibility index (Phi) is 4.76. The number of fused-ring (bicyclic) bond motifs is 1. The van der Waals surface area contributed by atoms with Gasteiger partial charge in [0.1, 0.15) is 5.75 Å². The molecule has 1 amide bonds. The fourth-order valence-corrected chi connectivity index (χ4v) is 3.61. The molecule has 6 nitrogen and oxygen atoms in total. The normalized spacial score (nSPS) is 26.0. The zero-order valence-corrected chi connectivity index (χ0v) is 13.9. The number of para-hydroxylation sites is 1. The Hall–Kier alpha value is -2.08. The summed E-state index contributed by atoms with van der Waals surface area (Å²) in [6.07, 6.45) is 1.30. The molecule has 0 aromatic heterocycles. The molecule has 0 spiro atoms. The highest BCUT2D eigenvalue weighted by atomic mass is 16.5. The molecule has 0 saturated carbocycles. The Balaban J connectivity index is 1.83. The average molecular weight is 333 g/mol. The van der Waals surface area contributed by atoms with Crippen molar-refractivity contribution in [3.05, 3.63) is 29.8 Å². The number of amides is 1. The van der Waals surface area contributed by atoms with Crippen molar-refractivity contribution in [3.63, 3.8) is 0 Å². The molecule has 0 unspecified atom stereocenters. The molecule has 130 valence electrons. The Morgan fingerprint density at radius 3 is 2.92 bits per heavy atom. The van der Waals surface area contributed by atoms with Gasteiger partial charge in [0.2, 0.25) is 0 Å². The maximum Gasteiger partial charge on any atom is 0.311 e. The number of carboxylic acids is 1. The monoisotopic (exact) mass is 333 g/mol. The van der Waals surface area contributed by atoms with Crippen molar-refractivity contribution in [3.8, 4) is 5.75 Å². The Labute approximate surface area is 141 Å². The van der Waals surface area contributed by atoms with Crippen LogP contribution in [-0.2, 0) is 9.53 Å². The van der Waals surface area contributed by atoms with Gasteiger partial charge in [0.05, 0.1) is 24.2 Å². The number of aliphatic carboxylic acids is 1. The van der Waals surface area contributed by atoms with Crippen LogP contribution in [0, 0.1) is 11.3 Å². The summed E-state index contributed by atoms with van der Waals surface area (Å²) in [5, 5.41) is 9.72. The van der Waals surface area contributed by atoms with E-state index >= 15 is 0 Å². The molecule has 24 heavy (non-hydrogen) atoms. The standard InChI is InChI=1S/C18H23NO5/c1-2-8-24-15-6-4-3-5-14(15)16(20)19-10-13-11-23-9-7-18(13,12-19)17(21)22/h3-6,13H,2,7-12H2,1H3,(H,21,22)/t13-,18+/m1/s1. The first-order valence-electron chi connectivity index (χ1n) is 8.40. The fourth-order valence-electron chi connectivity index (χ4n) is 3.61. The smallest absolute Gasteiger partial charge is 0.311 e. The van der Waals surface area contributed by atoms with Crippen molar-refractivity contribution in [2.75, 3.05) is 32.9 Å². The highest BCUT2D eigenvalue weighted by molar-refractivity contribution is 5.97. The maximum atomic E-state index is 13.0. The Morgan fingerprint density at radius 2 is 2.21 bits per heavy atom. The van der Waals surface area contributed by atoms with Gasteiger partial charge in [0.25, 0.3) is 5.91 Å². The average Bonchev–Trinajstić information content (AvgIpc) is 3.00. The molecule has 1 aromatic carbocycles. The van der Waals surface area contributed by atoms with E-state index in [1.165, 1.54) is 0 Å². The summed E-state index contributed by atoms with van der Waals surface area (Å²) >= 11 is 0. The van der Waals surface area contributed by atoms with E-state index in [1.54, 1.807) is 23.1 Å². The van der Waals surface area contributed by atoms with Gasteiger partial charge >= 0.3 is 5.97 Å². The summed E-state index contributed by atoms with van der Waals surface area (Å²) in [6, 6.07) is 7.14. The van der Waals surface area contributed by atoms with Gasteiger partial charge in [-0.1, -0.05) is 19.1 Å². The molecule has 3 rings (SSSR count). The maximum absolute atomic E-state index is 13.0. The molecule has 2 atom stereocenters. The zero-order valence-electron chi connectivity index (χ0n) is 13.9. The van der Waals surface area contributed by atoms with Crippen LogP contribution in [0.4, 0.5) is 0 Å². The van der Waals surface area contributed by atoms with Crippen molar-refractivity contribution in [2.24, 2.45) is 11.3 Å². The lowest BCUT2D eigenvalue weighted by Crippen LogP contribution is -2.45. The fraction of sp³-hybridized carbons (Fsp3) is 0.556. The van der Waals surface area contributed by atoms with E-state index in [0.29, 0.717) is 44.1 Å². The Morgan fingerprint density at radius 1 is 1.42 bits per heavy atom. The van der Waals surface area contributed by atoms with E-state index in [2.05, 4.69) is 0 Å². The van der Waals surface area contributed by atoms with Crippen molar-refractivity contribution < 1.29 is 24.2 Å². The Bertz CT molecular complexity index is 632. The summed E-state index contributed by atoms with van der Waals surface area (Å²) in [6.45, 7) is 4.02. The van der Waals surface area contributed by atoms with E-state index in [-0.39, 0.29) is 18.4 Å². The minimum Gasteiger partial charge on any atom is -0.493 e. The highest BCUT2D eigenvalue weighted by Crippen LogP contribution is 2.43. The number of benzene rings is 1. The van der Waals surface area contributed by atoms with Crippen LogP contribution in [0.1, 0.15) is 30.1 Å². The third-order valence-electron chi connectivity index (χ3n) is 5.00. The third kappa shape index (κ3) is 2.86. The van der Waals surface area contributed by atoms with Crippen LogP contribution in [-0.4, -0.2) is 54.8 Å². The summed E-state index contributed by atoms with van der Waals surface area (Å²) in [5.74, 6) is -0.602.